The minimum Gasteiger partial charge on any atom is -0.373 e. The van der Waals surface area contributed by atoms with Crippen LogP contribution in [-0.4, -0.2) is 22.0 Å². The van der Waals surface area contributed by atoms with E-state index in [1.54, 1.807) is 11.3 Å². The summed E-state index contributed by atoms with van der Waals surface area (Å²) in [6, 6.07) is 7.98. The molecule has 0 unspecified atom stereocenters. The molecule has 18 heavy (non-hydrogen) atoms. The van der Waals surface area contributed by atoms with Gasteiger partial charge in [-0.2, -0.15) is 0 Å². The lowest BCUT2D eigenvalue weighted by Crippen LogP contribution is -1.97. The van der Waals surface area contributed by atoms with Gasteiger partial charge in [0.15, 0.2) is 5.82 Å². The third kappa shape index (κ3) is 1.82. The zero-order valence-corrected chi connectivity index (χ0v) is 11.0. The standard InChI is InChI=1S/C13H12N4S/c1-8-15-7-11(18-8)13-16-10-6-4-3-5-9(10)12(14-2)17-13/h3-7H,1-2H3,(H,14,16,17). The molecule has 2 aromatic heterocycles. The SMILES string of the molecule is CNc1nc(-c2cnc(C)s2)nc2ccccc12. The molecule has 1 N–H and O–H groups in total. The lowest BCUT2D eigenvalue weighted by atomic mass is 10.2. The molecule has 0 amide bonds. The van der Waals surface area contributed by atoms with Crippen LogP contribution in [0.5, 0.6) is 0 Å². The molecule has 0 atom stereocenters. The number of hydrogen-bond acceptors (Lipinski definition) is 5. The molecule has 0 spiro atoms. The number of hydrogen-bond donors (Lipinski definition) is 1. The monoisotopic (exact) mass is 256 g/mol. The summed E-state index contributed by atoms with van der Waals surface area (Å²) in [5, 5.41) is 5.17. The van der Waals surface area contributed by atoms with Crippen molar-refractivity contribution in [3.05, 3.63) is 35.5 Å². The molecule has 0 aliphatic rings. The Bertz CT molecular complexity index is 705. The fourth-order valence-electron chi connectivity index (χ4n) is 1.84. The Labute approximate surface area is 109 Å². The molecular formula is C13H12N4S. The number of para-hydroxylation sites is 1. The maximum atomic E-state index is 4.59. The fraction of sp³-hybridized carbons (Fsp3) is 0.154. The minimum absolute atomic E-state index is 0.726. The highest BCUT2D eigenvalue weighted by atomic mass is 32.1. The molecule has 0 aliphatic heterocycles. The van der Waals surface area contributed by atoms with Crippen molar-refractivity contribution in [2.75, 3.05) is 12.4 Å². The van der Waals surface area contributed by atoms with E-state index in [1.807, 2.05) is 44.4 Å². The van der Waals surface area contributed by atoms with Crippen molar-refractivity contribution < 1.29 is 0 Å². The van der Waals surface area contributed by atoms with Crippen molar-refractivity contribution >= 4 is 28.1 Å². The molecule has 3 rings (SSSR count). The number of rotatable bonds is 2. The Morgan fingerprint density at radius 1 is 1.17 bits per heavy atom. The van der Waals surface area contributed by atoms with Crippen LogP contribution in [0.3, 0.4) is 0 Å². The topological polar surface area (TPSA) is 50.7 Å². The molecule has 0 saturated carbocycles. The van der Waals surface area contributed by atoms with Crippen LogP contribution in [0.1, 0.15) is 5.01 Å². The van der Waals surface area contributed by atoms with Crippen molar-refractivity contribution in [3.8, 4) is 10.7 Å². The van der Waals surface area contributed by atoms with Crippen molar-refractivity contribution in [1.82, 2.24) is 15.0 Å². The molecule has 1 aromatic carbocycles. The average molecular weight is 256 g/mol. The van der Waals surface area contributed by atoms with Crippen LogP contribution in [0, 0.1) is 6.92 Å². The summed E-state index contributed by atoms with van der Waals surface area (Å²) in [5.74, 6) is 1.57. The van der Waals surface area contributed by atoms with Crippen molar-refractivity contribution in [2.24, 2.45) is 0 Å². The summed E-state index contributed by atoms with van der Waals surface area (Å²) in [6.07, 6.45) is 1.82. The first-order chi connectivity index (χ1) is 8.78. The van der Waals surface area contributed by atoms with Crippen LogP contribution < -0.4 is 5.32 Å². The van der Waals surface area contributed by atoms with Gasteiger partial charge in [-0.3, -0.25) is 0 Å². The summed E-state index contributed by atoms with van der Waals surface area (Å²) in [7, 11) is 1.87. The minimum atomic E-state index is 0.726. The highest BCUT2D eigenvalue weighted by molar-refractivity contribution is 7.14. The number of fused-ring (bicyclic) bond motifs is 1. The predicted molar refractivity (Wildman–Crippen MR) is 74.9 cm³/mol. The lowest BCUT2D eigenvalue weighted by molar-refractivity contribution is 1.22. The highest BCUT2D eigenvalue weighted by Crippen LogP contribution is 2.27. The number of nitrogens with one attached hydrogen (secondary N) is 1. The van der Waals surface area contributed by atoms with E-state index in [0.717, 1.165) is 32.4 Å². The molecule has 0 saturated heterocycles. The quantitative estimate of drug-likeness (QED) is 0.765. The summed E-state index contributed by atoms with van der Waals surface area (Å²) in [4.78, 5) is 14.4. The van der Waals surface area contributed by atoms with Crippen molar-refractivity contribution in [2.45, 2.75) is 6.92 Å². The second kappa shape index (κ2) is 4.34. The summed E-state index contributed by atoms with van der Waals surface area (Å²) in [6.45, 7) is 1.98. The number of nitrogens with zero attached hydrogens (tertiary/aromatic N) is 3. The highest BCUT2D eigenvalue weighted by Gasteiger charge is 2.09. The fourth-order valence-corrected chi connectivity index (χ4v) is 2.55. The Balaban J connectivity index is 2.25. The Morgan fingerprint density at radius 2 is 2.00 bits per heavy atom. The number of aryl methyl sites for hydroxylation is 1. The van der Waals surface area contributed by atoms with E-state index in [2.05, 4.69) is 20.3 Å². The maximum Gasteiger partial charge on any atom is 0.173 e. The molecule has 4 nitrogen and oxygen atoms in total. The molecule has 0 fully saturated rings. The van der Waals surface area contributed by atoms with Crippen LogP contribution in [0.15, 0.2) is 30.5 Å². The van der Waals surface area contributed by atoms with E-state index in [4.69, 9.17) is 0 Å². The van der Waals surface area contributed by atoms with E-state index in [9.17, 15) is 0 Å². The zero-order valence-electron chi connectivity index (χ0n) is 10.1. The van der Waals surface area contributed by atoms with Crippen molar-refractivity contribution in [3.63, 3.8) is 0 Å². The Morgan fingerprint density at radius 3 is 2.72 bits per heavy atom. The molecular weight excluding hydrogens is 244 g/mol. The van der Waals surface area contributed by atoms with Crippen molar-refractivity contribution in [1.29, 1.82) is 0 Å². The maximum absolute atomic E-state index is 4.59. The van der Waals surface area contributed by atoms with Gasteiger partial charge in [0.25, 0.3) is 0 Å². The first kappa shape index (κ1) is 11.1. The summed E-state index contributed by atoms with van der Waals surface area (Å²) in [5.41, 5.74) is 0.943. The van der Waals surface area contributed by atoms with Gasteiger partial charge in [0.1, 0.15) is 5.82 Å². The molecule has 0 radical (unpaired) electrons. The van der Waals surface area contributed by atoms with E-state index in [1.165, 1.54) is 0 Å². The summed E-state index contributed by atoms with van der Waals surface area (Å²) >= 11 is 1.60. The van der Waals surface area contributed by atoms with Gasteiger partial charge in [-0.25, -0.2) is 15.0 Å². The molecule has 0 aliphatic carbocycles. The van der Waals surface area contributed by atoms with E-state index in [-0.39, 0.29) is 0 Å². The third-order valence-electron chi connectivity index (χ3n) is 2.68. The van der Waals surface area contributed by atoms with Gasteiger partial charge in [-0.15, -0.1) is 11.3 Å². The number of thiazole rings is 1. The Hall–Kier alpha value is -2.01. The second-order valence-electron chi connectivity index (χ2n) is 3.91. The van der Waals surface area contributed by atoms with Gasteiger partial charge in [0.05, 0.1) is 15.4 Å². The smallest absolute Gasteiger partial charge is 0.173 e. The van der Waals surface area contributed by atoms with Crippen LogP contribution in [-0.2, 0) is 0 Å². The van der Waals surface area contributed by atoms with Crippen LogP contribution in [0.25, 0.3) is 21.6 Å². The largest absolute Gasteiger partial charge is 0.373 e. The van der Waals surface area contributed by atoms with Gasteiger partial charge < -0.3 is 5.32 Å². The molecule has 5 heteroatoms. The molecule has 3 aromatic rings. The molecule has 2 heterocycles. The molecule has 0 bridgehead atoms. The van der Waals surface area contributed by atoms with E-state index >= 15 is 0 Å². The number of anilines is 1. The van der Waals surface area contributed by atoms with Gasteiger partial charge >= 0.3 is 0 Å². The number of benzene rings is 1. The first-order valence-electron chi connectivity index (χ1n) is 5.65. The summed E-state index contributed by atoms with van der Waals surface area (Å²) < 4.78 is 0. The van der Waals surface area contributed by atoms with E-state index in [0.29, 0.717) is 0 Å². The van der Waals surface area contributed by atoms with Gasteiger partial charge in [-0.1, -0.05) is 12.1 Å². The predicted octanol–water partition coefficient (Wildman–Crippen LogP) is 3.10. The van der Waals surface area contributed by atoms with Gasteiger partial charge in [0, 0.05) is 18.6 Å². The van der Waals surface area contributed by atoms with Crippen LogP contribution in [0.2, 0.25) is 0 Å². The second-order valence-corrected chi connectivity index (χ2v) is 5.14. The third-order valence-corrected chi connectivity index (χ3v) is 3.59. The van der Waals surface area contributed by atoms with Crippen LogP contribution >= 0.6 is 11.3 Å². The lowest BCUT2D eigenvalue weighted by Gasteiger charge is -2.06. The van der Waals surface area contributed by atoms with Gasteiger partial charge in [0.2, 0.25) is 0 Å². The molecule has 90 valence electrons. The normalized spacial score (nSPS) is 10.8. The number of aromatic nitrogens is 3. The average Bonchev–Trinajstić information content (AvgIpc) is 2.84. The first-order valence-corrected chi connectivity index (χ1v) is 6.47. The van der Waals surface area contributed by atoms with Crippen LogP contribution in [0.4, 0.5) is 5.82 Å². The Kier molecular flexibility index (Phi) is 2.68. The zero-order chi connectivity index (χ0) is 12.5. The van der Waals surface area contributed by atoms with Gasteiger partial charge in [-0.05, 0) is 19.1 Å². The van der Waals surface area contributed by atoms with E-state index < -0.39 is 0 Å².